The van der Waals surface area contributed by atoms with E-state index in [2.05, 4.69) is 16.9 Å². The average Bonchev–Trinajstić information content (AvgIpc) is 2.45. The third-order valence-electron chi connectivity index (χ3n) is 2.73. The van der Waals surface area contributed by atoms with Crippen LogP contribution in [0.5, 0.6) is 0 Å². The molecule has 2 N–H and O–H groups in total. The van der Waals surface area contributed by atoms with Gasteiger partial charge in [-0.3, -0.25) is 4.98 Å². The summed E-state index contributed by atoms with van der Waals surface area (Å²) < 4.78 is 0. The van der Waals surface area contributed by atoms with Crippen LogP contribution in [0, 0.1) is 0 Å². The molecule has 0 radical (unpaired) electrons. The van der Waals surface area contributed by atoms with Crippen molar-refractivity contribution in [3.05, 3.63) is 42.2 Å². The number of unbranched alkanes of at least 4 members (excludes halogenated alkanes) is 1. The number of carboxylic acids is 1. The molecule has 108 valence electrons. The van der Waals surface area contributed by atoms with Crippen LogP contribution in [-0.2, 0) is 6.54 Å². The number of rotatable bonds is 7. The Morgan fingerprint density at radius 2 is 2.30 bits per heavy atom. The van der Waals surface area contributed by atoms with Crippen LogP contribution < -0.4 is 5.32 Å². The molecule has 0 spiro atoms. The molecule has 0 aliphatic rings. The van der Waals surface area contributed by atoms with E-state index in [-0.39, 0.29) is 18.1 Å². The molecular weight excluding hydrogens is 258 g/mol. The largest absolute Gasteiger partial charge is 0.478 e. The summed E-state index contributed by atoms with van der Waals surface area (Å²) in [5.74, 6) is -1.01. The highest BCUT2D eigenvalue weighted by Crippen LogP contribution is 2.02. The maximum Gasteiger partial charge on any atom is 0.335 e. The van der Waals surface area contributed by atoms with E-state index >= 15 is 0 Å². The molecule has 1 heterocycles. The molecule has 0 atom stereocenters. The predicted molar refractivity (Wildman–Crippen MR) is 75.5 cm³/mol. The normalized spacial score (nSPS) is 9.85. The Morgan fingerprint density at radius 1 is 1.55 bits per heavy atom. The average molecular weight is 277 g/mol. The highest BCUT2D eigenvalue weighted by Gasteiger charge is 2.09. The highest BCUT2D eigenvalue weighted by molar-refractivity contribution is 5.87. The van der Waals surface area contributed by atoms with Gasteiger partial charge in [0.2, 0.25) is 0 Å². The minimum Gasteiger partial charge on any atom is -0.478 e. The first-order chi connectivity index (χ1) is 9.54. The van der Waals surface area contributed by atoms with E-state index in [1.807, 2.05) is 6.08 Å². The fourth-order valence-corrected chi connectivity index (χ4v) is 1.58. The number of carbonyl (C=O) groups excluding carboxylic acids is 1. The first-order valence-corrected chi connectivity index (χ1v) is 6.32. The smallest absolute Gasteiger partial charge is 0.335 e. The van der Waals surface area contributed by atoms with E-state index in [1.165, 1.54) is 18.3 Å². The molecule has 1 aromatic heterocycles. The maximum absolute atomic E-state index is 11.8. The molecule has 0 saturated carbocycles. The second kappa shape index (κ2) is 7.93. The number of aromatic carboxylic acids is 1. The fourth-order valence-electron chi connectivity index (χ4n) is 1.58. The van der Waals surface area contributed by atoms with Gasteiger partial charge in [-0.2, -0.15) is 0 Å². The van der Waals surface area contributed by atoms with Gasteiger partial charge in [-0.15, -0.1) is 6.58 Å². The van der Waals surface area contributed by atoms with Crippen LogP contribution in [-0.4, -0.2) is 40.6 Å². The molecule has 0 unspecified atom stereocenters. The molecule has 20 heavy (non-hydrogen) atoms. The van der Waals surface area contributed by atoms with Crippen molar-refractivity contribution in [1.29, 1.82) is 0 Å². The summed E-state index contributed by atoms with van der Waals surface area (Å²) >= 11 is 0. The van der Waals surface area contributed by atoms with E-state index in [0.717, 1.165) is 12.8 Å². The predicted octanol–water partition coefficient (Wildman–Crippen LogP) is 1.89. The molecule has 6 nitrogen and oxygen atoms in total. The van der Waals surface area contributed by atoms with Gasteiger partial charge in [0.15, 0.2) is 0 Å². The zero-order chi connectivity index (χ0) is 15.0. The molecule has 2 amide bonds. The van der Waals surface area contributed by atoms with Gasteiger partial charge in [0.25, 0.3) is 0 Å². The Bertz CT molecular complexity index is 488. The zero-order valence-corrected chi connectivity index (χ0v) is 11.5. The third kappa shape index (κ3) is 5.09. The van der Waals surface area contributed by atoms with Crippen LogP contribution in [0.15, 0.2) is 31.0 Å². The van der Waals surface area contributed by atoms with Crippen LogP contribution in [0.4, 0.5) is 4.79 Å². The lowest BCUT2D eigenvalue weighted by molar-refractivity contribution is 0.0696. The number of aromatic nitrogens is 1. The molecule has 6 heteroatoms. The molecule has 0 fully saturated rings. The van der Waals surface area contributed by atoms with Crippen molar-refractivity contribution in [2.45, 2.75) is 19.4 Å². The number of hydrogen-bond donors (Lipinski definition) is 2. The van der Waals surface area contributed by atoms with E-state index in [0.29, 0.717) is 12.2 Å². The summed E-state index contributed by atoms with van der Waals surface area (Å²) in [5, 5.41) is 11.6. The second-order valence-corrected chi connectivity index (χ2v) is 4.35. The summed E-state index contributed by atoms with van der Waals surface area (Å²) in [6.07, 6.45) is 4.95. The van der Waals surface area contributed by atoms with Gasteiger partial charge >= 0.3 is 12.0 Å². The van der Waals surface area contributed by atoms with E-state index in [4.69, 9.17) is 5.11 Å². The van der Waals surface area contributed by atoms with Crippen molar-refractivity contribution < 1.29 is 14.7 Å². The van der Waals surface area contributed by atoms with Gasteiger partial charge in [0, 0.05) is 19.8 Å². The van der Waals surface area contributed by atoms with Crippen LogP contribution in [0.1, 0.15) is 28.9 Å². The number of hydrogen-bond acceptors (Lipinski definition) is 3. The summed E-state index contributed by atoms with van der Waals surface area (Å²) in [4.78, 5) is 28.2. The Balaban J connectivity index is 2.46. The van der Waals surface area contributed by atoms with Crippen molar-refractivity contribution in [1.82, 2.24) is 15.2 Å². The van der Waals surface area contributed by atoms with E-state index < -0.39 is 5.97 Å². The quantitative estimate of drug-likeness (QED) is 0.589. The van der Waals surface area contributed by atoms with Crippen molar-refractivity contribution in [3.8, 4) is 0 Å². The van der Waals surface area contributed by atoms with E-state index in [9.17, 15) is 9.59 Å². The lowest BCUT2D eigenvalue weighted by Crippen LogP contribution is -2.37. The monoisotopic (exact) mass is 277 g/mol. The molecule has 0 saturated heterocycles. The van der Waals surface area contributed by atoms with Gasteiger partial charge < -0.3 is 15.3 Å². The maximum atomic E-state index is 11.8. The summed E-state index contributed by atoms with van der Waals surface area (Å²) in [6.45, 7) is 4.47. The summed E-state index contributed by atoms with van der Waals surface area (Å²) in [7, 11) is 1.71. The SMILES string of the molecule is C=CCCCN(C)C(=O)NCc1cc(C(=O)O)ccn1. The lowest BCUT2D eigenvalue weighted by atomic mass is 10.2. The van der Waals surface area contributed by atoms with Crippen molar-refractivity contribution in [2.24, 2.45) is 0 Å². The number of carboxylic acid groups (broad SMARTS) is 1. The Kier molecular flexibility index (Phi) is 6.22. The number of carbonyl (C=O) groups is 2. The lowest BCUT2D eigenvalue weighted by Gasteiger charge is -2.17. The van der Waals surface area contributed by atoms with Gasteiger partial charge in [0.1, 0.15) is 0 Å². The van der Waals surface area contributed by atoms with E-state index in [1.54, 1.807) is 11.9 Å². The first kappa shape index (κ1) is 15.7. The molecule has 0 aromatic carbocycles. The van der Waals surface area contributed by atoms with Gasteiger partial charge in [0.05, 0.1) is 17.8 Å². The molecule has 1 rings (SSSR count). The van der Waals surface area contributed by atoms with Crippen molar-refractivity contribution in [2.75, 3.05) is 13.6 Å². The molecule has 0 aliphatic heterocycles. The van der Waals surface area contributed by atoms with Gasteiger partial charge in [-0.25, -0.2) is 9.59 Å². The Labute approximate surface area is 118 Å². The van der Waals surface area contributed by atoms with Crippen LogP contribution in [0.2, 0.25) is 0 Å². The standard InChI is InChI=1S/C14H19N3O3/c1-3-4-5-8-17(2)14(20)16-10-12-9-11(13(18)19)6-7-15-12/h3,6-7,9H,1,4-5,8,10H2,2H3,(H,16,20)(H,18,19). The minimum atomic E-state index is -1.01. The van der Waals surface area contributed by atoms with Crippen molar-refractivity contribution in [3.63, 3.8) is 0 Å². The summed E-state index contributed by atoms with van der Waals surface area (Å²) in [5.41, 5.74) is 0.668. The number of allylic oxidation sites excluding steroid dienone is 1. The first-order valence-electron chi connectivity index (χ1n) is 6.32. The Hall–Kier alpha value is -2.37. The summed E-state index contributed by atoms with van der Waals surface area (Å²) in [6, 6.07) is 2.65. The number of urea groups is 1. The van der Waals surface area contributed by atoms with Gasteiger partial charge in [-0.1, -0.05) is 6.08 Å². The highest BCUT2D eigenvalue weighted by atomic mass is 16.4. The van der Waals surface area contributed by atoms with Gasteiger partial charge in [-0.05, 0) is 25.0 Å². The Morgan fingerprint density at radius 3 is 2.95 bits per heavy atom. The number of nitrogens with zero attached hydrogens (tertiary/aromatic N) is 2. The van der Waals surface area contributed by atoms with Crippen LogP contribution >= 0.6 is 0 Å². The zero-order valence-electron chi connectivity index (χ0n) is 11.5. The number of amides is 2. The number of nitrogens with one attached hydrogen (secondary N) is 1. The number of pyridine rings is 1. The third-order valence-corrected chi connectivity index (χ3v) is 2.73. The van der Waals surface area contributed by atoms with Crippen LogP contribution in [0.25, 0.3) is 0 Å². The molecule has 0 aliphatic carbocycles. The van der Waals surface area contributed by atoms with Crippen molar-refractivity contribution >= 4 is 12.0 Å². The second-order valence-electron chi connectivity index (χ2n) is 4.35. The molecule has 1 aromatic rings. The minimum absolute atomic E-state index is 0.156. The fraction of sp³-hybridized carbons (Fsp3) is 0.357. The molecule has 0 bridgehead atoms. The molecular formula is C14H19N3O3. The van der Waals surface area contributed by atoms with Crippen LogP contribution in [0.3, 0.4) is 0 Å². The topological polar surface area (TPSA) is 82.5 Å².